The normalized spacial score (nSPS) is 18.7. The first-order valence-electron chi connectivity index (χ1n) is 10.1. The Balaban J connectivity index is 1.48. The Labute approximate surface area is 179 Å². The third-order valence-corrected chi connectivity index (χ3v) is 5.93. The van der Waals surface area contributed by atoms with Crippen LogP contribution in [0.4, 0.5) is 5.69 Å². The van der Waals surface area contributed by atoms with Crippen LogP contribution in [0.1, 0.15) is 43.5 Å². The molecule has 8 heteroatoms. The molecule has 154 valence electrons. The highest BCUT2D eigenvalue weighted by atomic mass is 32.2. The first-order valence-corrected chi connectivity index (χ1v) is 11.1. The van der Waals surface area contributed by atoms with Crippen LogP contribution in [0.25, 0.3) is 0 Å². The molecule has 0 spiro atoms. The van der Waals surface area contributed by atoms with E-state index < -0.39 is 0 Å². The van der Waals surface area contributed by atoms with E-state index in [1.54, 1.807) is 11.8 Å². The van der Waals surface area contributed by atoms with Gasteiger partial charge in [0.2, 0.25) is 12.7 Å². The molecule has 5 rings (SSSR count). The summed E-state index contributed by atoms with van der Waals surface area (Å²) in [6.45, 7) is 2.43. The van der Waals surface area contributed by atoms with E-state index in [1.165, 1.54) is 12.8 Å². The maximum absolute atomic E-state index is 6.09. The van der Waals surface area contributed by atoms with Crippen molar-refractivity contribution in [2.75, 3.05) is 17.9 Å². The Kier molecular flexibility index (Phi) is 5.31. The minimum absolute atomic E-state index is 0.239. The molecule has 7 nitrogen and oxygen atoms in total. The number of unbranched alkanes of at least 4 members (excludes halogenated alkanes) is 2. The molecule has 2 aromatic rings. The van der Waals surface area contributed by atoms with Crippen molar-refractivity contribution in [1.82, 2.24) is 0 Å². The molecule has 0 aliphatic carbocycles. The molecule has 2 aromatic carbocycles. The van der Waals surface area contributed by atoms with E-state index in [1.807, 2.05) is 42.5 Å². The lowest BCUT2D eigenvalue weighted by Gasteiger charge is -2.16. The number of aliphatic imine (C=N–C) groups is 1. The van der Waals surface area contributed by atoms with Crippen molar-refractivity contribution in [2.45, 2.75) is 32.4 Å². The zero-order valence-corrected chi connectivity index (χ0v) is 17.4. The van der Waals surface area contributed by atoms with Gasteiger partial charge in [-0.15, -0.1) is 10.2 Å². The van der Waals surface area contributed by atoms with E-state index in [2.05, 4.69) is 22.4 Å². The lowest BCUT2D eigenvalue weighted by molar-refractivity contribution is 0.174. The Morgan fingerprint density at radius 2 is 1.97 bits per heavy atom. The number of nitrogens with one attached hydrogen (secondary N) is 1. The van der Waals surface area contributed by atoms with Gasteiger partial charge < -0.3 is 19.5 Å². The van der Waals surface area contributed by atoms with E-state index in [0.717, 1.165) is 40.5 Å². The second-order valence-electron chi connectivity index (χ2n) is 7.11. The van der Waals surface area contributed by atoms with Crippen LogP contribution in [0.5, 0.6) is 11.5 Å². The summed E-state index contributed by atoms with van der Waals surface area (Å²) in [4.78, 5) is 4.86. The van der Waals surface area contributed by atoms with E-state index in [4.69, 9.17) is 19.2 Å². The molecule has 3 aliphatic heterocycles. The molecule has 0 amide bonds. The number of benzene rings is 2. The third kappa shape index (κ3) is 3.75. The van der Waals surface area contributed by atoms with Gasteiger partial charge >= 0.3 is 0 Å². The summed E-state index contributed by atoms with van der Waals surface area (Å²) in [6, 6.07) is 13.8. The summed E-state index contributed by atoms with van der Waals surface area (Å²) < 4.78 is 17.1. The summed E-state index contributed by atoms with van der Waals surface area (Å²) >= 11 is 1.58. The predicted molar refractivity (Wildman–Crippen MR) is 120 cm³/mol. The number of rotatable bonds is 5. The van der Waals surface area contributed by atoms with Crippen LogP contribution < -0.4 is 14.8 Å². The number of fused-ring (bicyclic) bond motifs is 4. The summed E-state index contributed by atoms with van der Waals surface area (Å²) in [6.07, 6.45) is 3.14. The fourth-order valence-electron chi connectivity index (χ4n) is 3.46. The molecule has 0 aromatic heterocycles. The molecular weight excluding hydrogens is 400 g/mol. The molecule has 0 saturated carbocycles. The van der Waals surface area contributed by atoms with Crippen LogP contribution in [0.15, 0.2) is 57.7 Å². The summed E-state index contributed by atoms with van der Waals surface area (Å²) in [5.41, 5.74) is 3.43. The molecule has 1 atom stereocenters. The molecule has 0 bridgehead atoms. The molecule has 3 heterocycles. The fourth-order valence-corrected chi connectivity index (χ4v) is 4.22. The molecule has 0 saturated heterocycles. The van der Waals surface area contributed by atoms with Gasteiger partial charge in [0.25, 0.3) is 5.23 Å². The highest BCUT2D eigenvalue weighted by Crippen LogP contribution is 2.37. The number of thioether (sulfide) groups is 1. The monoisotopic (exact) mass is 422 g/mol. The highest BCUT2D eigenvalue weighted by Gasteiger charge is 2.29. The standard InChI is InChI=1S/C22H22N4O3S/c1-2-3-6-11-30-22-26-25-19-15-7-4-5-8-16(15)23-20(24-21(19)29-22)14-9-10-17-18(12-14)28-13-27-17/h4-5,7-10,12,20,23H,2-3,6,11,13H2,1H3. The Morgan fingerprint density at radius 1 is 1.07 bits per heavy atom. The van der Waals surface area contributed by atoms with Crippen molar-refractivity contribution >= 4 is 34.3 Å². The molecular formula is C22H22N4O3S. The second kappa shape index (κ2) is 8.39. The van der Waals surface area contributed by atoms with Gasteiger partial charge in [0.05, 0.1) is 0 Å². The average molecular weight is 423 g/mol. The zero-order valence-electron chi connectivity index (χ0n) is 16.6. The molecule has 3 aliphatic rings. The van der Waals surface area contributed by atoms with Crippen LogP contribution in [-0.4, -0.2) is 29.4 Å². The van der Waals surface area contributed by atoms with E-state index in [0.29, 0.717) is 16.8 Å². The maximum atomic E-state index is 6.09. The topological polar surface area (TPSA) is 76.8 Å². The van der Waals surface area contributed by atoms with Crippen molar-refractivity contribution in [2.24, 2.45) is 15.2 Å². The molecule has 0 fully saturated rings. The number of para-hydroxylation sites is 1. The van der Waals surface area contributed by atoms with Crippen molar-refractivity contribution in [3.8, 4) is 11.5 Å². The number of nitrogens with zero attached hydrogens (tertiary/aromatic N) is 3. The quantitative estimate of drug-likeness (QED) is 0.690. The lowest BCUT2D eigenvalue weighted by Crippen LogP contribution is -2.24. The van der Waals surface area contributed by atoms with Crippen molar-refractivity contribution in [3.63, 3.8) is 0 Å². The van der Waals surface area contributed by atoms with E-state index in [-0.39, 0.29) is 13.0 Å². The Morgan fingerprint density at radius 3 is 2.90 bits per heavy atom. The highest BCUT2D eigenvalue weighted by molar-refractivity contribution is 8.13. The van der Waals surface area contributed by atoms with Gasteiger partial charge in [0, 0.05) is 22.6 Å². The van der Waals surface area contributed by atoms with Gasteiger partial charge in [-0.05, 0) is 24.6 Å². The van der Waals surface area contributed by atoms with Crippen LogP contribution in [0.3, 0.4) is 0 Å². The van der Waals surface area contributed by atoms with Crippen molar-refractivity contribution in [3.05, 3.63) is 53.6 Å². The zero-order chi connectivity index (χ0) is 20.3. The van der Waals surface area contributed by atoms with Crippen LogP contribution in [0, 0.1) is 0 Å². The number of anilines is 1. The van der Waals surface area contributed by atoms with Crippen LogP contribution in [0.2, 0.25) is 0 Å². The minimum Gasteiger partial charge on any atom is -0.454 e. The van der Waals surface area contributed by atoms with Gasteiger partial charge in [-0.3, -0.25) is 0 Å². The Bertz CT molecular complexity index is 1050. The molecule has 30 heavy (non-hydrogen) atoms. The predicted octanol–water partition coefficient (Wildman–Crippen LogP) is 4.95. The number of hydrogen-bond acceptors (Lipinski definition) is 8. The first kappa shape index (κ1) is 19.0. The summed E-state index contributed by atoms with van der Waals surface area (Å²) in [5.74, 6) is 2.89. The van der Waals surface area contributed by atoms with Gasteiger partial charge in [-0.2, -0.15) is 0 Å². The van der Waals surface area contributed by atoms with Gasteiger partial charge in [0.15, 0.2) is 17.2 Å². The van der Waals surface area contributed by atoms with Gasteiger partial charge in [-0.25, -0.2) is 4.99 Å². The fraction of sp³-hybridized carbons (Fsp3) is 0.318. The SMILES string of the molecule is CCCCCSC1=NN=C2C(=NC(c3ccc4c(c3)OCO4)Nc3ccccc32)O1. The number of ether oxygens (including phenoxy) is 3. The maximum Gasteiger partial charge on any atom is 0.276 e. The number of hydrogen-bond donors (Lipinski definition) is 1. The summed E-state index contributed by atoms with van der Waals surface area (Å²) in [7, 11) is 0. The van der Waals surface area contributed by atoms with Gasteiger partial charge in [0.1, 0.15) is 6.17 Å². The van der Waals surface area contributed by atoms with Crippen LogP contribution in [-0.2, 0) is 4.74 Å². The van der Waals surface area contributed by atoms with Crippen LogP contribution >= 0.6 is 11.8 Å². The second-order valence-corrected chi connectivity index (χ2v) is 8.16. The van der Waals surface area contributed by atoms with Crippen molar-refractivity contribution in [1.29, 1.82) is 0 Å². The molecule has 1 N–H and O–H groups in total. The van der Waals surface area contributed by atoms with E-state index >= 15 is 0 Å². The van der Waals surface area contributed by atoms with Gasteiger partial charge in [-0.1, -0.05) is 55.8 Å². The van der Waals surface area contributed by atoms with Crippen molar-refractivity contribution < 1.29 is 14.2 Å². The largest absolute Gasteiger partial charge is 0.454 e. The smallest absolute Gasteiger partial charge is 0.276 e. The molecule has 0 radical (unpaired) electrons. The minimum atomic E-state index is -0.354. The van der Waals surface area contributed by atoms with E-state index in [9.17, 15) is 0 Å². The first-order chi connectivity index (χ1) is 14.8. The Hall–Kier alpha value is -3.00. The summed E-state index contributed by atoms with van der Waals surface area (Å²) in [5, 5.41) is 12.8. The molecule has 1 unspecified atom stereocenters. The average Bonchev–Trinajstić information content (AvgIpc) is 3.18. The third-order valence-electron chi connectivity index (χ3n) is 5.02. The lowest BCUT2D eigenvalue weighted by atomic mass is 10.1.